The molecule has 0 atom stereocenters. The molecule has 0 spiro atoms. The van der Waals surface area contributed by atoms with Crippen molar-refractivity contribution in [1.82, 2.24) is 14.7 Å². The van der Waals surface area contributed by atoms with Gasteiger partial charge in [-0.15, -0.1) is 0 Å². The number of hydrogen-bond acceptors (Lipinski definition) is 2. The van der Waals surface area contributed by atoms with E-state index in [1.165, 1.54) is 0 Å². The van der Waals surface area contributed by atoms with Crippen molar-refractivity contribution in [3.8, 4) is 0 Å². The zero-order chi connectivity index (χ0) is 13.2. The van der Waals surface area contributed by atoms with Crippen LogP contribution in [0.1, 0.15) is 46.1 Å². The Morgan fingerprint density at radius 3 is 2.35 bits per heavy atom. The second-order valence-corrected chi connectivity index (χ2v) is 4.69. The summed E-state index contributed by atoms with van der Waals surface area (Å²) in [5.41, 5.74) is 0.391. The number of nitrogens with zero attached hydrogens (tertiary/aromatic N) is 2. The first-order valence-electron chi connectivity index (χ1n) is 6.01. The van der Waals surface area contributed by atoms with E-state index in [9.17, 15) is 9.59 Å². The molecule has 5 nitrogen and oxygen atoms in total. The zero-order valence-electron chi connectivity index (χ0n) is 11.2. The Morgan fingerprint density at radius 1 is 1.41 bits per heavy atom. The predicted octanol–water partition coefficient (Wildman–Crippen LogP) is 2.00. The number of aromatic amines is 1. The molecule has 1 amide bonds. The third kappa shape index (κ3) is 2.60. The van der Waals surface area contributed by atoms with E-state index in [-0.39, 0.29) is 23.6 Å². The number of hydrogen-bond donors (Lipinski definition) is 1. The Labute approximate surface area is 101 Å². The van der Waals surface area contributed by atoms with Crippen LogP contribution in [0.2, 0.25) is 0 Å². The van der Waals surface area contributed by atoms with Crippen molar-refractivity contribution in [2.75, 3.05) is 6.54 Å². The maximum atomic E-state index is 12.1. The molecule has 0 aliphatic carbocycles. The van der Waals surface area contributed by atoms with Crippen LogP contribution in [0.15, 0.2) is 11.0 Å². The Kier molecular flexibility index (Phi) is 4.15. The number of nitrogens with one attached hydrogen (secondary N) is 1. The molecule has 0 unspecified atom stereocenters. The number of amides is 1. The minimum absolute atomic E-state index is 0.0743. The van der Waals surface area contributed by atoms with E-state index in [2.05, 4.69) is 5.10 Å². The van der Waals surface area contributed by atoms with Crippen LogP contribution in [-0.2, 0) is 0 Å². The van der Waals surface area contributed by atoms with E-state index in [0.29, 0.717) is 12.1 Å². The molecular formula is C12H21N3O2. The Balaban J connectivity index is 3.09. The van der Waals surface area contributed by atoms with Crippen LogP contribution in [-0.4, -0.2) is 33.3 Å². The van der Waals surface area contributed by atoms with E-state index in [1.54, 1.807) is 11.1 Å². The number of H-pyrrole nitrogens is 1. The standard InChI is InChI=1S/C12H21N3O2/c1-6-14(9(4)5)12(17)15-11(16)10(7-13-15)8(2)3/h7-9,13H,6H2,1-5H3. The number of carbonyl (C=O) groups excluding carboxylic acids is 1. The molecule has 0 aliphatic rings. The summed E-state index contributed by atoms with van der Waals surface area (Å²) in [6.45, 7) is 10.2. The lowest BCUT2D eigenvalue weighted by atomic mass is 10.1. The third-order valence-corrected chi connectivity index (χ3v) is 2.82. The SMILES string of the molecule is CCN(C(=O)n1[nH]cc(C(C)C)c1=O)C(C)C. The summed E-state index contributed by atoms with van der Waals surface area (Å²) >= 11 is 0. The monoisotopic (exact) mass is 239 g/mol. The van der Waals surface area contributed by atoms with Crippen LogP contribution in [0.4, 0.5) is 4.79 Å². The fourth-order valence-electron chi connectivity index (χ4n) is 1.79. The predicted molar refractivity (Wildman–Crippen MR) is 67.5 cm³/mol. The highest BCUT2D eigenvalue weighted by atomic mass is 16.2. The topological polar surface area (TPSA) is 58.1 Å². The number of rotatable bonds is 3. The van der Waals surface area contributed by atoms with Gasteiger partial charge in [-0.2, -0.15) is 4.68 Å². The van der Waals surface area contributed by atoms with Crippen molar-refractivity contribution in [2.45, 2.75) is 46.6 Å². The Morgan fingerprint density at radius 2 is 2.00 bits per heavy atom. The minimum atomic E-state index is -0.292. The van der Waals surface area contributed by atoms with Gasteiger partial charge in [0.15, 0.2) is 0 Å². The fraction of sp³-hybridized carbons (Fsp3) is 0.667. The Bertz CT molecular complexity index is 443. The van der Waals surface area contributed by atoms with Gasteiger partial charge in [0.25, 0.3) is 5.56 Å². The van der Waals surface area contributed by atoms with E-state index in [0.717, 1.165) is 4.68 Å². The van der Waals surface area contributed by atoms with E-state index in [4.69, 9.17) is 0 Å². The lowest BCUT2D eigenvalue weighted by Gasteiger charge is -2.24. The molecule has 0 fully saturated rings. The molecular weight excluding hydrogens is 218 g/mol. The lowest BCUT2D eigenvalue weighted by Crippen LogP contribution is -2.43. The summed E-state index contributed by atoms with van der Waals surface area (Å²) in [7, 11) is 0. The van der Waals surface area contributed by atoms with Gasteiger partial charge >= 0.3 is 6.03 Å². The lowest BCUT2D eigenvalue weighted by molar-refractivity contribution is 0.184. The first kappa shape index (κ1) is 13.5. The maximum absolute atomic E-state index is 12.1. The van der Waals surface area contributed by atoms with Crippen LogP contribution >= 0.6 is 0 Å². The molecule has 17 heavy (non-hydrogen) atoms. The summed E-state index contributed by atoms with van der Waals surface area (Å²) < 4.78 is 1.08. The summed E-state index contributed by atoms with van der Waals surface area (Å²) in [5, 5.41) is 2.74. The zero-order valence-corrected chi connectivity index (χ0v) is 11.2. The van der Waals surface area contributed by atoms with E-state index >= 15 is 0 Å². The van der Waals surface area contributed by atoms with Crippen molar-refractivity contribution >= 4 is 6.03 Å². The molecule has 96 valence electrons. The molecule has 0 aliphatic heterocycles. The Hall–Kier alpha value is -1.52. The van der Waals surface area contributed by atoms with Crippen molar-refractivity contribution in [3.05, 3.63) is 22.1 Å². The molecule has 0 radical (unpaired) electrons. The van der Waals surface area contributed by atoms with Gasteiger partial charge in [0.1, 0.15) is 0 Å². The summed E-state index contributed by atoms with van der Waals surface area (Å²) in [5.74, 6) is 0.113. The average molecular weight is 239 g/mol. The molecule has 0 saturated carbocycles. The van der Waals surface area contributed by atoms with Crippen LogP contribution in [0.5, 0.6) is 0 Å². The first-order valence-corrected chi connectivity index (χ1v) is 6.01. The largest absolute Gasteiger partial charge is 0.346 e. The van der Waals surface area contributed by atoms with Gasteiger partial charge in [0.2, 0.25) is 0 Å². The highest BCUT2D eigenvalue weighted by molar-refractivity contribution is 5.76. The molecule has 0 bridgehead atoms. The van der Waals surface area contributed by atoms with E-state index < -0.39 is 0 Å². The van der Waals surface area contributed by atoms with Crippen LogP contribution < -0.4 is 5.56 Å². The van der Waals surface area contributed by atoms with Gasteiger partial charge in [-0.25, -0.2) is 4.79 Å². The van der Waals surface area contributed by atoms with Gasteiger partial charge in [-0.05, 0) is 26.7 Å². The third-order valence-electron chi connectivity index (χ3n) is 2.82. The minimum Gasteiger partial charge on any atom is -0.321 e. The highest BCUT2D eigenvalue weighted by Crippen LogP contribution is 2.08. The van der Waals surface area contributed by atoms with Crippen molar-refractivity contribution < 1.29 is 4.79 Å². The number of aromatic nitrogens is 2. The molecule has 0 aromatic carbocycles. The van der Waals surface area contributed by atoms with Crippen LogP contribution in [0.25, 0.3) is 0 Å². The average Bonchev–Trinajstić information content (AvgIpc) is 2.60. The first-order chi connectivity index (χ1) is 7.90. The quantitative estimate of drug-likeness (QED) is 0.877. The molecule has 1 N–H and O–H groups in total. The van der Waals surface area contributed by atoms with Crippen LogP contribution in [0.3, 0.4) is 0 Å². The maximum Gasteiger partial charge on any atom is 0.346 e. The number of carbonyl (C=O) groups is 1. The second-order valence-electron chi connectivity index (χ2n) is 4.69. The van der Waals surface area contributed by atoms with Gasteiger partial charge < -0.3 is 4.90 Å². The highest BCUT2D eigenvalue weighted by Gasteiger charge is 2.21. The molecule has 1 heterocycles. The van der Waals surface area contributed by atoms with Crippen molar-refractivity contribution in [2.24, 2.45) is 0 Å². The molecule has 5 heteroatoms. The van der Waals surface area contributed by atoms with Crippen molar-refractivity contribution in [3.63, 3.8) is 0 Å². The van der Waals surface area contributed by atoms with Crippen LogP contribution in [0, 0.1) is 0 Å². The molecule has 1 rings (SSSR count). The summed E-state index contributed by atoms with van der Waals surface area (Å²) in [6.07, 6.45) is 1.61. The fourth-order valence-corrected chi connectivity index (χ4v) is 1.79. The molecule has 0 saturated heterocycles. The van der Waals surface area contributed by atoms with Gasteiger partial charge in [-0.3, -0.25) is 9.89 Å². The summed E-state index contributed by atoms with van der Waals surface area (Å²) in [6, 6.07) is -0.218. The molecule has 1 aromatic rings. The van der Waals surface area contributed by atoms with Gasteiger partial charge in [0, 0.05) is 24.3 Å². The van der Waals surface area contributed by atoms with Crippen molar-refractivity contribution in [1.29, 1.82) is 0 Å². The molecule has 1 aromatic heterocycles. The van der Waals surface area contributed by atoms with E-state index in [1.807, 2.05) is 34.6 Å². The second kappa shape index (κ2) is 5.21. The van der Waals surface area contributed by atoms with Gasteiger partial charge in [0.05, 0.1) is 0 Å². The smallest absolute Gasteiger partial charge is 0.321 e. The summed E-state index contributed by atoms with van der Waals surface area (Å²) in [4.78, 5) is 25.8. The van der Waals surface area contributed by atoms with Gasteiger partial charge in [-0.1, -0.05) is 13.8 Å². The normalized spacial score (nSPS) is 11.2.